The fourth-order valence-electron chi connectivity index (χ4n) is 2.80. The number of ether oxygens (including phenoxy) is 1. The van der Waals surface area contributed by atoms with Crippen LogP contribution in [0.1, 0.15) is 18.4 Å². The van der Waals surface area contributed by atoms with Gasteiger partial charge in [-0.15, -0.1) is 0 Å². The molecule has 128 valence electrons. The fourth-order valence-corrected chi connectivity index (χ4v) is 4.06. The fraction of sp³-hybridized carbons (Fsp3) is 0.353. The van der Waals surface area contributed by atoms with Gasteiger partial charge >= 0.3 is 0 Å². The van der Waals surface area contributed by atoms with Crippen LogP contribution >= 0.6 is 0 Å². The second-order valence-corrected chi connectivity index (χ2v) is 7.51. The third-order valence-electron chi connectivity index (χ3n) is 4.07. The molecule has 2 heterocycles. The standard InChI is InChI=1S/C17H21N3O3S/c1-13-5-7-15(23-2)16(11-13)24(21,22)19-17-8-6-14(12-18-17)20-9-3-4-10-20/h5-8,11-12H,3-4,9-10H2,1-2H3,(H,18,19). The summed E-state index contributed by atoms with van der Waals surface area (Å²) in [5.41, 5.74) is 1.86. The van der Waals surface area contributed by atoms with Crippen molar-refractivity contribution in [3.05, 3.63) is 42.1 Å². The SMILES string of the molecule is COc1ccc(C)cc1S(=O)(=O)Nc1ccc(N2CCCC2)cn1. The number of aryl methyl sites for hydroxylation is 1. The predicted octanol–water partition coefficient (Wildman–Crippen LogP) is 2.80. The summed E-state index contributed by atoms with van der Waals surface area (Å²) in [6.07, 6.45) is 4.07. The molecule has 1 aliphatic heterocycles. The summed E-state index contributed by atoms with van der Waals surface area (Å²) in [7, 11) is -2.31. The quantitative estimate of drug-likeness (QED) is 0.900. The minimum Gasteiger partial charge on any atom is -0.495 e. The van der Waals surface area contributed by atoms with Crippen LogP contribution in [0.3, 0.4) is 0 Å². The number of nitrogens with one attached hydrogen (secondary N) is 1. The van der Waals surface area contributed by atoms with Crippen molar-refractivity contribution in [3.8, 4) is 5.75 Å². The van der Waals surface area contributed by atoms with Crippen LogP contribution in [0.25, 0.3) is 0 Å². The molecule has 24 heavy (non-hydrogen) atoms. The number of sulfonamides is 1. The third-order valence-corrected chi connectivity index (χ3v) is 5.44. The van der Waals surface area contributed by atoms with E-state index in [9.17, 15) is 8.42 Å². The third kappa shape index (κ3) is 3.46. The molecule has 6 nitrogen and oxygen atoms in total. The van der Waals surface area contributed by atoms with E-state index in [1.54, 1.807) is 30.5 Å². The summed E-state index contributed by atoms with van der Waals surface area (Å²) < 4.78 is 32.9. The Labute approximate surface area is 142 Å². The molecule has 7 heteroatoms. The van der Waals surface area contributed by atoms with Crippen LogP contribution in [0.15, 0.2) is 41.4 Å². The van der Waals surface area contributed by atoms with Crippen molar-refractivity contribution in [2.75, 3.05) is 29.8 Å². The van der Waals surface area contributed by atoms with E-state index < -0.39 is 10.0 Å². The van der Waals surface area contributed by atoms with Gasteiger partial charge in [0.15, 0.2) is 0 Å². The van der Waals surface area contributed by atoms with E-state index in [1.807, 2.05) is 13.0 Å². The zero-order valence-electron chi connectivity index (χ0n) is 13.8. The second-order valence-electron chi connectivity index (χ2n) is 5.86. The first-order valence-corrected chi connectivity index (χ1v) is 9.36. The van der Waals surface area contributed by atoms with Crippen molar-refractivity contribution in [3.63, 3.8) is 0 Å². The topological polar surface area (TPSA) is 71.5 Å². The molecule has 1 aliphatic rings. The van der Waals surface area contributed by atoms with Crippen LogP contribution in [0.5, 0.6) is 5.75 Å². The average Bonchev–Trinajstić information content (AvgIpc) is 3.10. The maximum Gasteiger partial charge on any atom is 0.266 e. The normalized spacial score (nSPS) is 14.7. The molecular formula is C17H21N3O3S. The van der Waals surface area contributed by atoms with E-state index in [1.165, 1.54) is 20.0 Å². The Bertz CT molecular complexity index is 813. The summed E-state index contributed by atoms with van der Waals surface area (Å²) in [5, 5.41) is 0. The molecule has 1 fully saturated rings. The number of nitrogens with zero attached hydrogens (tertiary/aromatic N) is 2. The van der Waals surface area contributed by atoms with Gasteiger partial charge in [-0.3, -0.25) is 4.72 Å². The Morgan fingerprint density at radius 2 is 1.92 bits per heavy atom. The lowest BCUT2D eigenvalue weighted by Crippen LogP contribution is -2.18. The lowest BCUT2D eigenvalue weighted by Gasteiger charge is -2.17. The largest absolute Gasteiger partial charge is 0.495 e. The number of anilines is 2. The van der Waals surface area contributed by atoms with E-state index in [2.05, 4.69) is 14.6 Å². The van der Waals surface area contributed by atoms with Gasteiger partial charge in [0, 0.05) is 13.1 Å². The van der Waals surface area contributed by atoms with Crippen LogP contribution < -0.4 is 14.4 Å². The van der Waals surface area contributed by atoms with Gasteiger partial charge in [-0.1, -0.05) is 6.07 Å². The lowest BCUT2D eigenvalue weighted by molar-refractivity contribution is 0.402. The highest BCUT2D eigenvalue weighted by atomic mass is 32.2. The van der Waals surface area contributed by atoms with E-state index in [-0.39, 0.29) is 4.90 Å². The maximum absolute atomic E-state index is 12.6. The summed E-state index contributed by atoms with van der Waals surface area (Å²) in [6.45, 7) is 3.88. The summed E-state index contributed by atoms with van der Waals surface area (Å²) >= 11 is 0. The Morgan fingerprint density at radius 3 is 2.54 bits per heavy atom. The molecule has 0 radical (unpaired) electrons. The van der Waals surface area contributed by atoms with E-state index >= 15 is 0 Å². The lowest BCUT2D eigenvalue weighted by atomic mass is 10.2. The smallest absolute Gasteiger partial charge is 0.266 e. The molecule has 1 aromatic heterocycles. The molecule has 2 aromatic rings. The molecule has 0 bridgehead atoms. The highest BCUT2D eigenvalue weighted by Gasteiger charge is 2.20. The molecule has 1 saturated heterocycles. The van der Waals surface area contributed by atoms with Crippen LogP contribution in [0.2, 0.25) is 0 Å². The Morgan fingerprint density at radius 1 is 1.17 bits per heavy atom. The number of rotatable bonds is 5. The van der Waals surface area contributed by atoms with Gasteiger partial charge in [-0.05, 0) is 49.6 Å². The van der Waals surface area contributed by atoms with Crippen molar-refractivity contribution in [2.45, 2.75) is 24.7 Å². The molecule has 0 atom stereocenters. The van der Waals surface area contributed by atoms with Crippen LogP contribution in [-0.2, 0) is 10.0 Å². The Hall–Kier alpha value is -2.28. The molecule has 3 rings (SSSR count). The molecule has 1 aromatic carbocycles. The van der Waals surface area contributed by atoms with Crippen LogP contribution in [-0.4, -0.2) is 33.6 Å². The molecule has 0 amide bonds. The number of methoxy groups -OCH3 is 1. The van der Waals surface area contributed by atoms with E-state index in [0.29, 0.717) is 11.6 Å². The number of hydrogen-bond donors (Lipinski definition) is 1. The summed E-state index contributed by atoms with van der Waals surface area (Å²) in [6, 6.07) is 8.62. The van der Waals surface area contributed by atoms with Gasteiger partial charge < -0.3 is 9.64 Å². The first-order chi connectivity index (χ1) is 11.5. The number of benzene rings is 1. The molecule has 0 spiro atoms. The molecule has 1 N–H and O–H groups in total. The van der Waals surface area contributed by atoms with Gasteiger partial charge in [-0.2, -0.15) is 0 Å². The monoisotopic (exact) mass is 347 g/mol. The molecule has 0 unspecified atom stereocenters. The minimum atomic E-state index is -3.76. The first-order valence-electron chi connectivity index (χ1n) is 7.88. The summed E-state index contributed by atoms with van der Waals surface area (Å²) in [5.74, 6) is 0.600. The number of hydrogen-bond acceptors (Lipinski definition) is 5. The molecule has 0 saturated carbocycles. The van der Waals surface area contributed by atoms with Crippen LogP contribution in [0.4, 0.5) is 11.5 Å². The average molecular weight is 347 g/mol. The zero-order valence-corrected chi connectivity index (χ0v) is 14.6. The first kappa shape index (κ1) is 16.6. The number of aromatic nitrogens is 1. The predicted molar refractivity (Wildman–Crippen MR) is 94.2 cm³/mol. The molecule has 0 aliphatic carbocycles. The highest BCUT2D eigenvalue weighted by Crippen LogP contribution is 2.27. The van der Waals surface area contributed by atoms with Gasteiger partial charge in [0.1, 0.15) is 16.5 Å². The van der Waals surface area contributed by atoms with Crippen molar-refractivity contribution >= 4 is 21.5 Å². The van der Waals surface area contributed by atoms with Gasteiger partial charge in [-0.25, -0.2) is 13.4 Å². The van der Waals surface area contributed by atoms with E-state index in [0.717, 1.165) is 24.3 Å². The van der Waals surface area contributed by atoms with Crippen molar-refractivity contribution in [1.82, 2.24) is 4.98 Å². The molecular weight excluding hydrogens is 326 g/mol. The highest BCUT2D eigenvalue weighted by molar-refractivity contribution is 7.92. The number of pyridine rings is 1. The van der Waals surface area contributed by atoms with Crippen molar-refractivity contribution < 1.29 is 13.2 Å². The Kier molecular flexibility index (Phi) is 4.62. The van der Waals surface area contributed by atoms with Gasteiger partial charge in [0.25, 0.3) is 10.0 Å². The minimum absolute atomic E-state index is 0.107. The zero-order chi connectivity index (χ0) is 17.2. The van der Waals surface area contributed by atoms with Gasteiger partial charge in [0.2, 0.25) is 0 Å². The second kappa shape index (κ2) is 6.68. The Balaban J connectivity index is 1.83. The van der Waals surface area contributed by atoms with E-state index in [4.69, 9.17) is 4.74 Å². The van der Waals surface area contributed by atoms with Crippen LogP contribution in [0, 0.1) is 6.92 Å². The summed E-state index contributed by atoms with van der Waals surface area (Å²) in [4.78, 5) is 6.59. The maximum atomic E-state index is 12.6. The van der Waals surface area contributed by atoms with Crippen molar-refractivity contribution in [2.24, 2.45) is 0 Å². The van der Waals surface area contributed by atoms with Gasteiger partial charge in [0.05, 0.1) is 19.0 Å². The van der Waals surface area contributed by atoms with Crippen molar-refractivity contribution in [1.29, 1.82) is 0 Å².